The molecule has 2 unspecified atom stereocenters. The monoisotopic (exact) mass is 437 g/mol. The third kappa shape index (κ3) is 5.45. The number of aromatic nitrogens is 3. The number of primary amides is 1. The number of amides is 1. The second-order valence-electron chi connectivity index (χ2n) is 9.18. The van der Waals surface area contributed by atoms with Gasteiger partial charge in [0.15, 0.2) is 0 Å². The van der Waals surface area contributed by atoms with E-state index in [2.05, 4.69) is 16.5 Å². The molecule has 0 spiro atoms. The van der Waals surface area contributed by atoms with Gasteiger partial charge in [0.2, 0.25) is 0 Å². The number of nitrogens with two attached hydrogens (primary N) is 1. The molecule has 2 aliphatic rings. The molecule has 0 bridgehead atoms. The summed E-state index contributed by atoms with van der Waals surface area (Å²) >= 11 is 0. The second-order valence-corrected chi connectivity index (χ2v) is 9.18. The third-order valence-electron chi connectivity index (χ3n) is 6.89. The molecule has 2 aromatic heterocycles. The molecule has 3 atom stereocenters. The Labute approximate surface area is 190 Å². The zero-order valence-corrected chi connectivity index (χ0v) is 18.9. The summed E-state index contributed by atoms with van der Waals surface area (Å²) in [5, 5.41) is 0. The standard InChI is InChI=1S/C25H35N5O2/c1-2-14-32-17-19-6-5-12-29(15-19)16-20-7-3-4-8-21(20)24-22(25(26)31)9-10-23(28-24)30-13-11-27-18-30/h2,9-11,13,18-21H,1,3-8,12,14-17H2,(H2,26,31)/t19-,20?,21?/m1/s1. The lowest BCUT2D eigenvalue weighted by atomic mass is 9.75. The number of likely N-dealkylation sites (tertiary alicyclic amines) is 1. The van der Waals surface area contributed by atoms with Crippen LogP contribution < -0.4 is 5.73 Å². The Bertz CT molecular complexity index is 898. The lowest BCUT2D eigenvalue weighted by Crippen LogP contribution is -2.42. The van der Waals surface area contributed by atoms with Crippen molar-refractivity contribution >= 4 is 5.91 Å². The number of pyridine rings is 1. The molecular formula is C25H35N5O2. The normalized spacial score (nSPS) is 24.3. The van der Waals surface area contributed by atoms with Crippen molar-refractivity contribution in [2.75, 3.05) is 32.8 Å². The molecule has 172 valence electrons. The van der Waals surface area contributed by atoms with Crippen molar-refractivity contribution in [1.29, 1.82) is 0 Å². The van der Waals surface area contributed by atoms with Crippen LogP contribution in [0, 0.1) is 11.8 Å². The van der Waals surface area contributed by atoms with Crippen molar-refractivity contribution < 1.29 is 9.53 Å². The number of piperidine rings is 1. The number of imidazole rings is 1. The predicted octanol–water partition coefficient (Wildman–Crippen LogP) is 3.55. The Morgan fingerprint density at radius 3 is 2.91 bits per heavy atom. The van der Waals surface area contributed by atoms with Crippen molar-refractivity contribution in [1.82, 2.24) is 19.4 Å². The van der Waals surface area contributed by atoms with Crippen molar-refractivity contribution in [2.45, 2.75) is 44.4 Å². The van der Waals surface area contributed by atoms with Gasteiger partial charge in [-0.05, 0) is 56.2 Å². The molecule has 0 aromatic carbocycles. The van der Waals surface area contributed by atoms with Crippen LogP contribution in [0.15, 0.2) is 43.5 Å². The van der Waals surface area contributed by atoms with Crippen molar-refractivity contribution in [3.63, 3.8) is 0 Å². The fourth-order valence-corrected chi connectivity index (χ4v) is 5.38. The van der Waals surface area contributed by atoms with E-state index in [0.29, 0.717) is 24.0 Å². The number of carbonyl (C=O) groups excluding carboxylic acids is 1. The van der Waals surface area contributed by atoms with Crippen LogP contribution >= 0.6 is 0 Å². The van der Waals surface area contributed by atoms with Crippen LogP contribution in [-0.2, 0) is 4.74 Å². The van der Waals surface area contributed by atoms with E-state index < -0.39 is 5.91 Å². The van der Waals surface area contributed by atoms with Gasteiger partial charge in [0.1, 0.15) is 12.1 Å². The van der Waals surface area contributed by atoms with E-state index in [1.807, 2.05) is 29.0 Å². The highest BCUT2D eigenvalue weighted by atomic mass is 16.5. The molecule has 3 heterocycles. The molecule has 1 aliphatic carbocycles. The van der Waals surface area contributed by atoms with Crippen molar-refractivity contribution in [3.05, 3.63) is 54.8 Å². The molecule has 4 rings (SSSR count). The second kappa shape index (κ2) is 10.9. The lowest BCUT2D eigenvalue weighted by molar-refractivity contribution is 0.0627. The topological polar surface area (TPSA) is 86.3 Å². The summed E-state index contributed by atoms with van der Waals surface area (Å²) in [7, 11) is 0. The highest BCUT2D eigenvalue weighted by Crippen LogP contribution is 2.39. The van der Waals surface area contributed by atoms with Gasteiger partial charge in [-0.15, -0.1) is 6.58 Å². The van der Waals surface area contributed by atoms with Crippen LogP contribution in [0.2, 0.25) is 0 Å². The van der Waals surface area contributed by atoms with E-state index in [1.165, 1.54) is 19.3 Å². The zero-order chi connectivity index (χ0) is 22.3. The van der Waals surface area contributed by atoms with Gasteiger partial charge in [-0.1, -0.05) is 18.9 Å². The van der Waals surface area contributed by atoms with Crippen LogP contribution in [0.25, 0.3) is 5.82 Å². The maximum absolute atomic E-state index is 12.3. The molecule has 32 heavy (non-hydrogen) atoms. The van der Waals surface area contributed by atoms with Gasteiger partial charge >= 0.3 is 0 Å². The molecule has 2 fully saturated rings. The van der Waals surface area contributed by atoms with E-state index in [9.17, 15) is 4.79 Å². The first kappa shape index (κ1) is 22.7. The molecule has 1 aliphatic heterocycles. The molecular weight excluding hydrogens is 402 g/mol. The quantitative estimate of drug-likeness (QED) is 0.479. The van der Waals surface area contributed by atoms with Crippen LogP contribution in [0.3, 0.4) is 0 Å². The smallest absolute Gasteiger partial charge is 0.250 e. The minimum Gasteiger partial charge on any atom is -0.377 e. The molecule has 0 radical (unpaired) electrons. The Morgan fingerprint density at radius 2 is 2.12 bits per heavy atom. The van der Waals surface area contributed by atoms with E-state index in [1.54, 1.807) is 12.5 Å². The maximum Gasteiger partial charge on any atom is 0.250 e. The average Bonchev–Trinajstić information content (AvgIpc) is 3.35. The van der Waals surface area contributed by atoms with Gasteiger partial charge in [-0.2, -0.15) is 0 Å². The number of nitrogens with zero attached hydrogens (tertiary/aromatic N) is 4. The van der Waals surface area contributed by atoms with Crippen molar-refractivity contribution in [2.24, 2.45) is 17.6 Å². The zero-order valence-electron chi connectivity index (χ0n) is 18.9. The number of hydrogen-bond acceptors (Lipinski definition) is 5. The number of hydrogen-bond donors (Lipinski definition) is 1. The Balaban J connectivity index is 1.52. The molecule has 1 saturated heterocycles. The van der Waals surface area contributed by atoms with Crippen LogP contribution in [0.4, 0.5) is 0 Å². The number of ether oxygens (including phenoxy) is 1. The van der Waals surface area contributed by atoms with Gasteiger partial charge in [0.25, 0.3) is 5.91 Å². The summed E-state index contributed by atoms with van der Waals surface area (Å²) in [4.78, 5) is 23.9. The molecule has 1 saturated carbocycles. The van der Waals surface area contributed by atoms with Crippen LogP contribution in [-0.4, -0.2) is 58.2 Å². The highest BCUT2D eigenvalue weighted by molar-refractivity contribution is 5.94. The Kier molecular flexibility index (Phi) is 7.71. The van der Waals surface area contributed by atoms with Crippen molar-refractivity contribution in [3.8, 4) is 5.82 Å². The number of rotatable bonds is 9. The summed E-state index contributed by atoms with van der Waals surface area (Å²) in [6.45, 7) is 8.40. The first-order chi connectivity index (χ1) is 15.7. The van der Waals surface area contributed by atoms with Gasteiger partial charge in [-0.25, -0.2) is 9.97 Å². The average molecular weight is 438 g/mol. The fraction of sp³-hybridized carbons (Fsp3) is 0.560. The predicted molar refractivity (Wildman–Crippen MR) is 125 cm³/mol. The summed E-state index contributed by atoms with van der Waals surface area (Å²) < 4.78 is 7.61. The lowest BCUT2D eigenvalue weighted by Gasteiger charge is -2.39. The van der Waals surface area contributed by atoms with Gasteiger partial charge in [-0.3, -0.25) is 9.36 Å². The molecule has 2 N–H and O–H groups in total. The molecule has 2 aromatic rings. The highest BCUT2D eigenvalue weighted by Gasteiger charge is 2.33. The summed E-state index contributed by atoms with van der Waals surface area (Å²) in [5.74, 6) is 1.68. The number of carbonyl (C=O) groups is 1. The third-order valence-corrected chi connectivity index (χ3v) is 6.89. The van der Waals surface area contributed by atoms with Gasteiger partial charge in [0.05, 0.1) is 24.5 Å². The van der Waals surface area contributed by atoms with Crippen LogP contribution in [0.1, 0.15) is 60.5 Å². The summed E-state index contributed by atoms with van der Waals surface area (Å²) in [6.07, 6.45) is 14.2. The molecule has 7 nitrogen and oxygen atoms in total. The molecule has 7 heteroatoms. The van der Waals surface area contributed by atoms with E-state index in [-0.39, 0.29) is 5.92 Å². The minimum absolute atomic E-state index is 0.243. The van der Waals surface area contributed by atoms with Gasteiger partial charge in [0, 0.05) is 31.4 Å². The van der Waals surface area contributed by atoms with E-state index in [0.717, 1.165) is 57.0 Å². The Morgan fingerprint density at radius 1 is 1.25 bits per heavy atom. The summed E-state index contributed by atoms with van der Waals surface area (Å²) in [6, 6.07) is 3.68. The van der Waals surface area contributed by atoms with Crippen LogP contribution in [0.5, 0.6) is 0 Å². The minimum atomic E-state index is -0.397. The largest absolute Gasteiger partial charge is 0.377 e. The van der Waals surface area contributed by atoms with E-state index >= 15 is 0 Å². The van der Waals surface area contributed by atoms with E-state index in [4.69, 9.17) is 15.5 Å². The summed E-state index contributed by atoms with van der Waals surface area (Å²) in [5.41, 5.74) is 7.18. The Hall–Kier alpha value is -2.51. The first-order valence-electron chi connectivity index (χ1n) is 11.9. The first-order valence-corrected chi connectivity index (χ1v) is 11.9. The molecule has 1 amide bonds. The van der Waals surface area contributed by atoms with Gasteiger partial charge < -0.3 is 15.4 Å². The SMILES string of the molecule is C=CCOC[C@@H]1CCCN(CC2CCCCC2c2nc(-n3ccnc3)ccc2C(N)=O)C1. The maximum atomic E-state index is 12.3. The fourth-order valence-electron chi connectivity index (χ4n) is 5.38.